The standard InChI is InChI=1S/C20H20N2O2/c1-15-14-24-19(11-16-6-3-2-4-7-16)13-22(15)20(23)18-9-5-8-17(10-18)12-21/h2-10,15,19H,11,13-14H2,1H3. The lowest BCUT2D eigenvalue weighted by molar-refractivity contribution is -0.0464. The van der Waals surface area contributed by atoms with Gasteiger partial charge in [-0.2, -0.15) is 5.26 Å². The highest BCUT2D eigenvalue weighted by atomic mass is 16.5. The minimum atomic E-state index is -0.0408. The molecule has 0 aromatic heterocycles. The number of hydrogen-bond acceptors (Lipinski definition) is 3. The Kier molecular flexibility index (Phi) is 4.93. The van der Waals surface area contributed by atoms with Crippen molar-refractivity contribution in [3.05, 3.63) is 71.3 Å². The fourth-order valence-electron chi connectivity index (χ4n) is 2.99. The Balaban J connectivity index is 1.73. The third-order valence-corrected chi connectivity index (χ3v) is 4.31. The highest BCUT2D eigenvalue weighted by molar-refractivity contribution is 5.94. The van der Waals surface area contributed by atoms with E-state index in [1.165, 1.54) is 5.56 Å². The van der Waals surface area contributed by atoms with Gasteiger partial charge in [0.05, 0.1) is 30.4 Å². The molecule has 0 N–H and O–H groups in total. The van der Waals surface area contributed by atoms with Crippen LogP contribution in [0.3, 0.4) is 0 Å². The maximum Gasteiger partial charge on any atom is 0.254 e. The van der Waals surface area contributed by atoms with Gasteiger partial charge >= 0.3 is 0 Å². The van der Waals surface area contributed by atoms with E-state index in [9.17, 15) is 4.79 Å². The molecule has 0 saturated carbocycles. The molecular weight excluding hydrogens is 300 g/mol. The number of amides is 1. The highest BCUT2D eigenvalue weighted by Gasteiger charge is 2.30. The van der Waals surface area contributed by atoms with Crippen LogP contribution in [0, 0.1) is 11.3 Å². The average molecular weight is 320 g/mol. The first-order valence-corrected chi connectivity index (χ1v) is 8.14. The van der Waals surface area contributed by atoms with Crippen LogP contribution in [0.5, 0.6) is 0 Å². The van der Waals surface area contributed by atoms with E-state index in [1.54, 1.807) is 24.3 Å². The molecule has 1 fully saturated rings. The molecule has 122 valence electrons. The fraction of sp³-hybridized carbons (Fsp3) is 0.300. The molecule has 2 unspecified atom stereocenters. The normalized spacial score (nSPS) is 20.4. The number of ether oxygens (including phenoxy) is 1. The zero-order chi connectivity index (χ0) is 16.9. The Labute approximate surface area is 142 Å². The second-order valence-corrected chi connectivity index (χ2v) is 6.14. The van der Waals surface area contributed by atoms with Crippen molar-refractivity contribution in [1.29, 1.82) is 5.26 Å². The molecule has 4 nitrogen and oxygen atoms in total. The van der Waals surface area contributed by atoms with Gasteiger partial charge in [0.1, 0.15) is 0 Å². The van der Waals surface area contributed by atoms with Gasteiger partial charge in [0.15, 0.2) is 0 Å². The van der Waals surface area contributed by atoms with E-state index in [2.05, 4.69) is 18.2 Å². The van der Waals surface area contributed by atoms with Crippen molar-refractivity contribution >= 4 is 5.91 Å². The molecule has 1 aliphatic rings. The van der Waals surface area contributed by atoms with Gasteiger partial charge in [-0.1, -0.05) is 36.4 Å². The summed E-state index contributed by atoms with van der Waals surface area (Å²) in [6.45, 7) is 3.08. The Bertz CT molecular complexity index is 752. The Morgan fingerprint density at radius 1 is 1.25 bits per heavy atom. The molecule has 2 aromatic rings. The van der Waals surface area contributed by atoms with Gasteiger partial charge in [-0.15, -0.1) is 0 Å². The lowest BCUT2D eigenvalue weighted by atomic mass is 10.0. The summed E-state index contributed by atoms with van der Waals surface area (Å²) in [5.41, 5.74) is 2.26. The number of morpholine rings is 1. The molecule has 4 heteroatoms. The maximum absolute atomic E-state index is 12.8. The zero-order valence-corrected chi connectivity index (χ0v) is 13.7. The molecule has 2 atom stereocenters. The highest BCUT2D eigenvalue weighted by Crippen LogP contribution is 2.19. The van der Waals surface area contributed by atoms with E-state index in [0.29, 0.717) is 24.3 Å². The summed E-state index contributed by atoms with van der Waals surface area (Å²) in [4.78, 5) is 14.7. The van der Waals surface area contributed by atoms with Crippen molar-refractivity contribution in [3.63, 3.8) is 0 Å². The van der Waals surface area contributed by atoms with Crippen molar-refractivity contribution in [3.8, 4) is 6.07 Å². The summed E-state index contributed by atoms with van der Waals surface area (Å²) in [6, 6.07) is 19.1. The number of hydrogen-bond donors (Lipinski definition) is 0. The Morgan fingerprint density at radius 3 is 2.79 bits per heavy atom. The summed E-state index contributed by atoms with van der Waals surface area (Å²) in [5.74, 6) is -0.0408. The second-order valence-electron chi connectivity index (χ2n) is 6.14. The molecule has 0 bridgehead atoms. The van der Waals surface area contributed by atoms with Gasteiger partial charge in [-0.05, 0) is 30.7 Å². The van der Waals surface area contributed by atoms with Crippen LogP contribution in [0.2, 0.25) is 0 Å². The molecule has 24 heavy (non-hydrogen) atoms. The lowest BCUT2D eigenvalue weighted by Crippen LogP contribution is -2.51. The van der Waals surface area contributed by atoms with Crippen LogP contribution in [-0.4, -0.2) is 36.1 Å². The SMILES string of the molecule is CC1COC(Cc2ccccc2)CN1C(=O)c1cccc(C#N)c1. The predicted molar refractivity (Wildman–Crippen MR) is 91.5 cm³/mol. The first kappa shape index (κ1) is 16.2. The predicted octanol–water partition coefficient (Wildman–Crippen LogP) is 3.03. The van der Waals surface area contributed by atoms with Crippen molar-refractivity contribution < 1.29 is 9.53 Å². The summed E-state index contributed by atoms with van der Waals surface area (Å²) in [7, 11) is 0. The van der Waals surface area contributed by atoms with E-state index in [0.717, 1.165) is 6.42 Å². The maximum atomic E-state index is 12.8. The summed E-state index contributed by atoms with van der Waals surface area (Å²) >= 11 is 0. The minimum Gasteiger partial charge on any atom is -0.374 e. The molecule has 1 amide bonds. The smallest absolute Gasteiger partial charge is 0.254 e. The monoisotopic (exact) mass is 320 g/mol. The molecule has 2 aromatic carbocycles. The topological polar surface area (TPSA) is 53.3 Å². The van der Waals surface area contributed by atoms with Crippen LogP contribution in [0.1, 0.15) is 28.4 Å². The largest absolute Gasteiger partial charge is 0.374 e. The van der Waals surface area contributed by atoms with Gasteiger partial charge in [-0.25, -0.2) is 0 Å². The first-order chi connectivity index (χ1) is 11.7. The quantitative estimate of drug-likeness (QED) is 0.873. The number of carbonyl (C=O) groups excluding carboxylic acids is 1. The molecule has 0 spiro atoms. The van der Waals surface area contributed by atoms with Gasteiger partial charge in [0.25, 0.3) is 5.91 Å². The Hall–Kier alpha value is -2.64. The third-order valence-electron chi connectivity index (χ3n) is 4.31. The van der Waals surface area contributed by atoms with Crippen molar-refractivity contribution in [2.24, 2.45) is 0 Å². The summed E-state index contributed by atoms with van der Waals surface area (Å²) in [6.07, 6.45) is 0.780. The lowest BCUT2D eigenvalue weighted by Gasteiger charge is -2.38. The van der Waals surface area contributed by atoms with E-state index >= 15 is 0 Å². The molecular formula is C20H20N2O2. The number of nitriles is 1. The molecule has 1 saturated heterocycles. The number of benzene rings is 2. The van der Waals surface area contributed by atoms with E-state index in [1.807, 2.05) is 30.0 Å². The van der Waals surface area contributed by atoms with Gasteiger partial charge < -0.3 is 9.64 Å². The van der Waals surface area contributed by atoms with E-state index < -0.39 is 0 Å². The van der Waals surface area contributed by atoms with Crippen LogP contribution < -0.4 is 0 Å². The first-order valence-electron chi connectivity index (χ1n) is 8.14. The van der Waals surface area contributed by atoms with Crippen molar-refractivity contribution in [2.75, 3.05) is 13.2 Å². The van der Waals surface area contributed by atoms with Crippen LogP contribution in [0.15, 0.2) is 54.6 Å². The Morgan fingerprint density at radius 2 is 2.04 bits per heavy atom. The average Bonchev–Trinajstić information content (AvgIpc) is 2.63. The number of rotatable bonds is 3. The zero-order valence-electron chi connectivity index (χ0n) is 13.7. The van der Waals surface area contributed by atoms with Crippen molar-refractivity contribution in [2.45, 2.75) is 25.5 Å². The third kappa shape index (κ3) is 3.64. The number of carbonyl (C=O) groups is 1. The van der Waals surface area contributed by atoms with E-state index in [4.69, 9.17) is 10.00 Å². The second kappa shape index (κ2) is 7.29. The molecule has 1 heterocycles. The van der Waals surface area contributed by atoms with Crippen LogP contribution in [0.4, 0.5) is 0 Å². The van der Waals surface area contributed by atoms with Gasteiger partial charge in [0.2, 0.25) is 0 Å². The molecule has 0 aliphatic carbocycles. The van der Waals surface area contributed by atoms with Gasteiger partial charge in [0, 0.05) is 18.5 Å². The van der Waals surface area contributed by atoms with Crippen molar-refractivity contribution in [1.82, 2.24) is 4.90 Å². The molecule has 3 rings (SSSR count). The molecule has 0 radical (unpaired) electrons. The number of nitrogens with zero attached hydrogens (tertiary/aromatic N) is 2. The minimum absolute atomic E-state index is 0.00769. The summed E-state index contributed by atoms with van der Waals surface area (Å²) in [5, 5.41) is 9.02. The van der Waals surface area contributed by atoms with Crippen LogP contribution >= 0.6 is 0 Å². The van der Waals surface area contributed by atoms with Gasteiger partial charge in [-0.3, -0.25) is 4.79 Å². The summed E-state index contributed by atoms with van der Waals surface area (Å²) < 4.78 is 5.91. The van der Waals surface area contributed by atoms with E-state index in [-0.39, 0.29) is 18.1 Å². The van der Waals surface area contributed by atoms with Crippen LogP contribution in [-0.2, 0) is 11.2 Å². The molecule has 1 aliphatic heterocycles. The fourth-order valence-corrected chi connectivity index (χ4v) is 2.99. The van der Waals surface area contributed by atoms with Crippen LogP contribution in [0.25, 0.3) is 0 Å².